The van der Waals surface area contributed by atoms with Gasteiger partial charge < -0.3 is 0 Å². The molecule has 0 N–H and O–H groups in total. The molecule has 0 saturated carbocycles. The molecule has 0 bridgehead atoms. The fourth-order valence-electron chi connectivity index (χ4n) is 2.82. The second-order valence-electron chi connectivity index (χ2n) is 6.42. The van der Waals surface area contributed by atoms with Gasteiger partial charge in [-0.3, -0.25) is 4.90 Å². The van der Waals surface area contributed by atoms with E-state index in [-0.39, 0.29) is 0 Å². The Kier molecular flexibility index (Phi) is 4.45. The summed E-state index contributed by atoms with van der Waals surface area (Å²) >= 11 is 0. The van der Waals surface area contributed by atoms with Crippen LogP contribution in [-0.4, -0.2) is 18.0 Å². The van der Waals surface area contributed by atoms with Crippen LogP contribution in [0.15, 0.2) is 24.3 Å². The van der Waals surface area contributed by atoms with E-state index in [1.165, 1.54) is 30.6 Å². The van der Waals surface area contributed by atoms with Crippen LogP contribution in [0.3, 0.4) is 0 Å². The Morgan fingerprint density at radius 3 is 2.28 bits per heavy atom. The van der Waals surface area contributed by atoms with Gasteiger partial charge in [0.05, 0.1) is 0 Å². The first-order valence-corrected chi connectivity index (χ1v) is 7.37. The average Bonchev–Trinajstić information content (AvgIpc) is 2.78. The predicted octanol–water partition coefficient (Wildman–Crippen LogP) is 4.29. The highest BCUT2D eigenvalue weighted by molar-refractivity contribution is 5.24. The first-order chi connectivity index (χ1) is 8.56. The number of hydrogen-bond donors (Lipinski definition) is 0. The number of rotatable bonds is 4. The van der Waals surface area contributed by atoms with E-state index in [2.05, 4.69) is 56.9 Å². The zero-order valence-electron chi connectivity index (χ0n) is 12.3. The Morgan fingerprint density at radius 1 is 1.11 bits per heavy atom. The molecule has 1 unspecified atom stereocenters. The molecular formula is C17H27N. The van der Waals surface area contributed by atoms with E-state index in [9.17, 15) is 0 Å². The minimum Gasteiger partial charge on any atom is -0.299 e. The van der Waals surface area contributed by atoms with Gasteiger partial charge in [-0.25, -0.2) is 0 Å². The van der Waals surface area contributed by atoms with Gasteiger partial charge in [0.15, 0.2) is 0 Å². The van der Waals surface area contributed by atoms with Gasteiger partial charge in [0, 0.05) is 13.1 Å². The lowest BCUT2D eigenvalue weighted by molar-refractivity contribution is 0.297. The van der Waals surface area contributed by atoms with Crippen LogP contribution in [0.5, 0.6) is 0 Å². The molecule has 0 amide bonds. The molecule has 1 aliphatic rings. The van der Waals surface area contributed by atoms with Gasteiger partial charge >= 0.3 is 0 Å². The van der Waals surface area contributed by atoms with Gasteiger partial charge in [0.2, 0.25) is 0 Å². The average molecular weight is 245 g/mol. The maximum atomic E-state index is 2.61. The normalized spacial score (nSPS) is 21.1. The van der Waals surface area contributed by atoms with E-state index in [0.29, 0.717) is 5.92 Å². The molecule has 0 radical (unpaired) electrons. The van der Waals surface area contributed by atoms with Crippen molar-refractivity contribution in [3.05, 3.63) is 35.4 Å². The van der Waals surface area contributed by atoms with Crippen molar-refractivity contribution in [3.8, 4) is 0 Å². The lowest BCUT2D eigenvalue weighted by atomic mass is 9.95. The van der Waals surface area contributed by atoms with Gasteiger partial charge in [0.25, 0.3) is 0 Å². The van der Waals surface area contributed by atoms with Crippen molar-refractivity contribution in [1.82, 2.24) is 4.90 Å². The molecule has 1 fully saturated rings. The summed E-state index contributed by atoms with van der Waals surface area (Å²) in [7, 11) is 0. The zero-order chi connectivity index (χ0) is 13.1. The Hall–Kier alpha value is -0.820. The summed E-state index contributed by atoms with van der Waals surface area (Å²) in [5.41, 5.74) is 2.91. The van der Waals surface area contributed by atoms with Crippen LogP contribution in [-0.2, 0) is 6.54 Å². The van der Waals surface area contributed by atoms with E-state index < -0.39 is 0 Å². The molecule has 1 aromatic carbocycles. The van der Waals surface area contributed by atoms with Crippen molar-refractivity contribution >= 4 is 0 Å². The van der Waals surface area contributed by atoms with Crippen LogP contribution in [0.4, 0.5) is 0 Å². The monoisotopic (exact) mass is 245 g/mol. The van der Waals surface area contributed by atoms with Crippen LogP contribution in [0.2, 0.25) is 0 Å². The molecule has 0 aromatic heterocycles. The second-order valence-corrected chi connectivity index (χ2v) is 6.42. The summed E-state index contributed by atoms with van der Waals surface area (Å²) in [6.07, 6.45) is 1.38. The second kappa shape index (κ2) is 5.88. The molecule has 1 heterocycles. The van der Waals surface area contributed by atoms with Crippen molar-refractivity contribution < 1.29 is 0 Å². The Labute approximate surface area is 112 Å². The van der Waals surface area contributed by atoms with E-state index >= 15 is 0 Å². The van der Waals surface area contributed by atoms with Crippen LogP contribution >= 0.6 is 0 Å². The predicted molar refractivity (Wildman–Crippen MR) is 78.8 cm³/mol. The van der Waals surface area contributed by atoms with Crippen LogP contribution in [0.1, 0.15) is 51.2 Å². The lowest BCUT2D eigenvalue weighted by Crippen LogP contribution is -2.21. The summed E-state index contributed by atoms with van der Waals surface area (Å²) < 4.78 is 0. The summed E-state index contributed by atoms with van der Waals surface area (Å²) in [4.78, 5) is 2.61. The van der Waals surface area contributed by atoms with Gasteiger partial charge in [-0.15, -0.1) is 0 Å². The Morgan fingerprint density at radius 2 is 1.78 bits per heavy atom. The summed E-state index contributed by atoms with van der Waals surface area (Å²) in [6, 6.07) is 9.18. The maximum absolute atomic E-state index is 2.61. The SMILES string of the molecule is CC(C)c1ccc(CN2CCC(C(C)C)C2)cc1. The lowest BCUT2D eigenvalue weighted by Gasteiger charge is -2.18. The molecule has 1 aromatic rings. The topological polar surface area (TPSA) is 3.24 Å². The smallest absolute Gasteiger partial charge is 0.0233 e. The highest BCUT2D eigenvalue weighted by Crippen LogP contribution is 2.25. The Balaban J connectivity index is 1.90. The van der Waals surface area contributed by atoms with E-state index in [4.69, 9.17) is 0 Å². The molecule has 18 heavy (non-hydrogen) atoms. The molecule has 0 aliphatic carbocycles. The maximum Gasteiger partial charge on any atom is 0.0233 e. The van der Waals surface area contributed by atoms with Crippen LogP contribution in [0, 0.1) is 11.8 Å². The largest absolute Gasteiger partial charge is 0.299 e. The number of hydrogen-bond acceptors (Lipinski definition) is 1. The van der Waals surface area contributed by atoms with Gasteiger partial charge in [-0.2, -0.15) is 0 Å². The first-order valence-electron chi connectivity index (χ1n) is 7.37. The van der Waals surface area contributed by atoms with Gasteiger partial charge in [-0.05, 0) is 41.8 Å². The molecule has 100 valence electrons. The van der Waals surface area contributed by atoms with Crippen molar-refractivity contribution in [2.75, 3.05) is 13.1 Å². The quantitative estimate of drug-likeness (QED) is 0.765. The van der Waals surface area contributed by atoms with E-state index in [1.807, 2.05) is 0 Å². The summed E-state index contributed by atoms with van der Waals surface area (Å²) in [5.74, 6) is 2.37. The standard InChI is InChI=1S/C17H27N/c1-13(2)16-7-5-15(6-8-16)11-18-10-9-17(12-18)14(3)4/h5-8,13-14,17H,9-12H2,1-4H3. The Bertz CT molecular complexity index is 364. The molecule has 1 heteroatoms. The molecule has 1 aliphatic heterocycles. The number of benzene rings is 1. The number of nitrogens with zero attached hydrogens (tertiary/aromatic N) is 1. The fraction of sp³-hybridized carbons (Fsp3) is 0.647. The molecule has 1 saturated heterocycles. The van der Waals surface area contributed by atoms with Crippen molar-refractivity contribution in [2.24, 2.45) is 11.8 Å². The van der Waals surface area contributed by atoms with Crippen molar-refractivity contribution in [2.45, 2.75) is 46.6 Å². The minimum atomic E-state index is 0.635. The first kappa shape index (κ1) is 13.6. The molecule has 1 atom stereocenters. The van der Waals surface area contributed by atoms with Crippen molar-refractivity contribution in [3.63, 3.8) is 0 Å². The number of likely N-dealkylation sites (tertiary alicyclic amines) is 1. The molecule has 1 nitrogen and oxygen atoms in total. The summed E-state index contributed by atoms with van der Waals surface area (Å²) in [6.45, 7) is 12.9. The van der Waals surface area contributed by atoms with Gasteiger partial charge in [0.1, 0.15) is 0 Å². The molecule has 0 spiro atoms. The molecule has 2 rings (SSSR count). The minimum absolute atomic E-state index is 0.635. The third kappa shape index (κ3) is 3.35. The van der Waals surface area contributed by atoms with Crippen LogP contribution in [0.25, 0.3) is 0 Å². The fourth-order valence-corrected chi connectivity index (χ4v) is 2.82. The summed E-state index contributed by atoms with van der Waals surface area (Å²) in [5, 5.41) is 0. The third-order valence-corrected chi connectivity index (χ3v) is 4.30. The van der Waals surface area contributed by atoms with E-state index in [0.717, 1.165) is 18.4 Å². The van der Waals surface area contributed by atoms with Gasteiger partial charge in [-0.1, -0.05) is 52.0 Å². The zero-order valence-corrected chi connectivity index (χ0v) is 12.3. The highest BCUT2D eigenvalue weighted by Gasteiger charge is 2.24. The highest BCUT2D eigenvalue weighted by atomic mass is 15.1. The third-order valence-electron chi connectivity index (χ3n) is 4.30. The molecular weight excluding hydrogens is 218 g/mol. The van der Waals surface area contributed by atoms with Crippen molar-refractivity contribution in [1.29, 1.82) is 0 Å². The van der Waals surface area contributed by atoms with E-state index in [1.54, 1.807) is 0 Å². The van der Waals surface area contributed by atoms with Crippen LogP contribution < -0.4 is 0 Å².